The van der Waals surface area contributed by atoms with Crippen LogP contribution in [0.2, 0.25) is 5.02 Å². The molecule has 2 unspecified atom stereocenters. The molecule has 2 atom stereocenters. The molecule has 0 amide bonds. The van der Waals surface area contributed by atoms with Crippen LogP contribution in [0.5, 0.6) is 0 Å². The van der Waals surface area contributed by atoms with Crippen molar-refractivity contribution < 1.29 is 35.1 Å². The zero-order valence-corrected chi connectivity index (χ0v) is 20.0. The fourth-order valence-corrected chi connectivity index (χ4v) is 6.91. The molecule has 0 saturated heterocycles. The van der Waals surface area contributed by atoms with Crippen molar-refractivity contribution >= 4 is 11.6 Å². The van der Waals surface area contributed by atoms with Crippen LogP contribution in [0, 0.1) is 11.3 Å². The summed E-state index contributed by atoms with van der Waals surface area (Å²) in [6, 6.07) is 12.5. The van der Waals surface area contributed by atoms with Gasteiger partial charge in [0.1, 0.15) is 0 Å². The zero-order chi connectivity index (χ0) is 22.9. The number of hydrogen-bond donors (Lipinski definition) is 2. The van der Waals surface area contributed by atoms with Crippen molar-refractivity contribution in [1.82, 2.24) is 10.3 Å². The molecule has 2 aromatic rings. The Labute approximate surface area is 196 Å². The average Bonchev–Trinajstić information content (AvgIpc) is 2.81. The van der Waals surface area contributed by atoms with Crippen molar-refractivity contribution in [2.75, 3.05) is 11.1 Å². The van der Waals surface area contributed by atoms with Crippen LogP contribution in [-0.2, 0) is 10.1 Å². The topological polar surface area (TPSA) is 68.9 Å². The first-order chi connectivity index (χ1) is 14.9. The van der Waals surface area contributed by atoms with Crippen molar-refractivity contribution in [2.45, 2.75) is 29.5 Å². The second-order valence-corrected chi connectivity index (χ2v) is 10.3. The van der Waals surface area contributed by atoms with Crippen LogP contribution >= 0.6 is 11.6 Å². The molecule has 0 aliphatic carbocycles. The summed E-state index contributed by atoms with van der Waals surface area (Å²) in [5, 5.41) is 22.9. The molecule has 0 fully saturated rings. The van der Waals surface area contributed by atoms with E-state index < -0.39 is 43.4 Å². The molecule has 0 aliphatic rings. The van der Waals surface area contributed by atoms with Gasteiger partial charge in [-0.05, 0) is 0 Å². The van der Waals surface area contributed by atoms with E-state index in [4.69, 9.17) is 16.9 Å². The third kappa shape index (κ3) is 6.56. The molecule has 0 spiro atoms. The van der Waals surface area contributed by atoms with Crippen molar-refractivity contribution in [1.29, 1.82) is 5.26 Å². The van der Waals surface area contributed by atoms with E-state index in [0.29, 0.717) is 28.3 Å². The first kappa shape index (κ1) is 25.4. The number of pyridine rings is 1. The number of benzene rings is 1. The molecule has 2 N–H and O–H groups in total. The standard InChI is InChI=1S/C23H24ClF2IN3O/c1-3-21(22(26)4-2)23(27-12-20(31)11-25,17-6-8-18(24)9-7-17)30-15-19-10-5-16(13-28)14-29-19/h4-10,14,20,30-31H,2-3,11-12,15H2,1H3/q-1/b22-21-. The quantitative estimate of drug-likeness (QED) is 0.191. The van der Waals surface area contributed by atoms with Gasteiger partial charge in [0.05, 0.1) is 0 Å². The average molecular weight is 559 g/mol. The monoisotopic (exact) mass is 558 g/mol. The maximum absolute atomic E-state index is 15.0. The maximum atomic E-state index is 15.0. The Bertz CT molecular complexity index is 945. The number of allylic oxidation sites excluding steroid dienone is 2. The number of aliphatic hydroxyl groups is 1. The van der Waals surface area contributed by atoms with Crippen molar-refractivity contribution in [3.05, 3.63) is 88.5 Å². The number of nitrogens with one attached hydrogen (secondary N) is 1. The Morgan fingerprint density at radius 3 is 2.61 bits per heavy atom. The summed E-state index contributed by atoms with van der Waals surface area (Å²) in [6.07, 6.45) is 1.92. The number of rotatable bonds is 11. The number of nitrogens with zero attached hydrogens (tertiary/aromatic N) is 2. The number of alkyl halides is 3. The van der Waals surface area contributed by atoms with Crippen LogP contribution in [-0.4, -0.2) is 27.3 Å². The molecular formula is C23H24ClF2IN3O-. The summed E-state index contributed by atoms with van der Waals surface area (Å²) in [6.45, 7) is 4.85. The van der Waals surface area contributed by atoms with Gasteiger partial charge in [0.25, 0.3) is 0 Å². The van der Waals surface area contributed by atoms with Crippen LogP contribution in [0.1, 0.15) is 30.2 Å². The molecule has 1 aromatic carbocycles. The Hall–Kier alpha value is -1.86. The van der Waals surface area contributed by atoms with Gasteiger partial charge < -0.3 is 0 Å². The van der Waals surface area contributed by atoms with Gasteiger partial charge in [-0.1, -0.05) is 0 Å². The fraction of sp³-hybridized carbons (Fsp3) is 0.304. The van der Waals surface area contributed by atoms with Gasteiger partial charge in [0.2, 0.25) is 0 Å². The van der Waals surface area contributed by atoms with Gasteiger partial charge in [0, 0.05) is 0 Å². The summed E-state index contributed by atoms with van der Waals surface area (Å²) in [5.74, 6) is -0.452. The predicted molar refractivity (Wildman–Crippen MR) is 114 cm³/mol. The Balaban J connectivity index is 2.57. The van der Waals surface area contributed by atoms with E-state index in [9.17, 15) is 9.50 Å². The SMILES string of the molecule is C=C/C(F)=C(\CC)C(NCc1ccc(C#N)cn1)([I-]CC(O)CF)c1ccc(Cl)cc1. The van der Waals surface area contributed by atoms with E-state index in [2.05, 4.69) is 16.9 Å². The molecule has 2 rings (SSSR count). The summed E-state index contributed by atoms with van der Waals surface area (Å²) in [4.78, 5) is 4.29. The first-order valence-corrected chi connectivity index (χ1v) is 12.6. The summed E-state index contributed by atoms with van der Waals surface area (Å²) >= 11 is 5.05. The molecular weight excluding hydrogens is 535 g/mol. The van der Waals surface area contributed by atoms with Crippen molar-refractivity contribution in [3.63, 3.8) is 0 Å². The minimum absolute atomic E-state index is 0.222. The van der Waals surface area contributed by atoms with Gasteiger partial charge >= 0.3 is 197 Å². The van der Waals surface area contributed by atoms with Crippen LogP contribution < -0.4 is 26.5 Å². The van der Waals surface area contributed by atoms with E-state index in [-0.39, 0.29) is 11.0 Å². The summed E-state index contributed by atoms with van der Waals surface area (Å²) in [5.41, 5.74) is 2.37. The van der Waals surface area contributed by atoms with Crippen LogP contribution in [0.4, 0.5) is 8.78 Å². The van der Waals surface area contributed by atoms with Gasteiger partial charge in [-0.25, -0.2) is 0 Å². The summed E-state index contributed by atoms with van der Waals surface area (Å²) in [7, 11) is 0. The van der Waals surface area contributed by atoms with E-state index in [0.717, 1.165) is 5.56 Å². The number of halogens is 4. The Morgan fingerprint density at radius 2 is 2.10 bits per heavy atom. The van der Waals surface area contributed by atoms with E-state index in [1.807, 2.05) is 25.1 Å². The van der Waals surface area contributed by atoms with E-state index >= 15 is 4.39 Å². The Kier molecular flexibility index (Phi) is 10.0. The molecule has 166 valence electrons. The van der Waals surface area contributed by atoms with Gasteiger partial charge in [-0.2, -0.15) is 0 Å². The van der Waals surface area contributed by atoms with Crippen LogP contribution in [0.15, 0.2) is 66.6 Å². The zero-order valence-electron chi connectivity index (χ0n) is 17.1. The van der Waals surface area contributed by atoms with Gasteiger partial charge in [-0.15, -0.1) is 0 Å². The Morgan fingerprint density at radius 1 is 1.39 bits per heavy atom. The van der Waals surface area contributed by atoms with Gasteiger partial charge in [-0.3, -0.25) is 0 Å². The molecule has 0 radical (unpaired) electrons. The third-order valence-corrected chi connectivity index (χ3v) is 9.09. The second kappa shape index (κ2) is 12.2. The molecule has 1 aromatic heterocycles. The normalized spacial score (nSPS) is 15.0. The fourth-order valence-electron chi connectivity index (χ4n) is 3.02. The van der Waals surface area contributed by atoms with E-state index in [1.165, 1.54) is 12.3 Å². The van der Waals surface area contributed by atoms with Crippen LogP contribution in [0.3, 0.4) is 0 Å². The molecule has 31 heavy (non-hydrogen) atoms. The van der Waals surface area contributed by atoms with Crippen LogP contribution in [0.25, 0.3) is 0 Å². The molecule has 0 saturated carbocycles. The number of hydrogen-bond acceptors (Lipinski definition) is 4. The molecule has 0 aliphatic heterocycles. The number of nitriles is 1. The molecule has 4 nitrogen and oxygen atoms in total. The van der Waals surface area contributed by atoms with Crippen molar-refractivity contribution in [2.24, 2.45) is 0 Å². The third-order valence-electron chi connectivity index (χ3n) is 4.58. The van der Waals surface area contributed by atoms with Crippen molar-refractivity contribution in [3.8, 4) is 6.07 Å². The summed E-state index contributed by atoms with van der Waals surface area (Å²) < 4.78 is 27.3. The predicted octanol–water partition coefficient (Wildman–Crippen LogP) is 1.79. The first-order valence-electron chi connectivity index (χ1n) is 9.62. The molecule has 1 heterocycles. The minimum atomic E-state index is -1.11. The second-order valence-electron chi connectivity index (χ2n) is 6.65. The van der Waals surface area contributed by atoms with Gasteiger partial charge in [0.15, 0.2) is 0 Å². The van der Waals surface area contributed by atoms with E-state index in [1.54, 1.807) is 24.3 Å². The number of aromatic nitrogens is 1. The number of aliphatic hydroxyl groups excluding tert-OH is 1. The molecule has 0 bridgehead atoms. The molecule has 8 heteroatoms.